The van der Waals surface area contributed by atoms with Crippen LogP contribution in [0.15, 0.2) is 158 Å². The molecule has 4 heteroatoms. The van der Waals surface area contributed by atoms with Gasteiger partial charge in [0.1, 0.15) is 0 Å². The summed E-state index contributed by atoms with van der Waals surface area (Å²) in [6, 6.07) is 52.5. The van der Waals surface area contributed by atoms with Gasteiger partial charge >= 0.3 is 0 Å². The first-order valence-electron chi connectivity index (χ1n) is 17.9. The van der Waals surface area contributed by atoms with E-state index >= 15 is 0 Å². The molecule has 10 aromatic rings. The van der Waals surface area contributed by atoms with E-state index in [1.165, 1.54) is 71.5 Å². The van der Waals surface area contributed by atoms with Gasteiger partial charge in [-0.05, 0) is 81.9 Å². The molecular weight excluding hydrogens is 633 g/mol. The molecule has 1 aliphatic carbocycles. The smallest absolute Gasteiger partial charge is 0.160 e. The fraction of sp³-hybridized carbons (Fsp3) is 0.0625. The number of hydrogen-bond acceptors (Lipinski definition) is 3. The summed E-state index contributed by atoms with van der Waals surface area (Å²) in [5.74, 6) is 0.703. The Kier molecular flexibility index (Phi) is 5.98. The number of benzene rings is 6. The lowest BCUT2D eigenvalue weighted by Crippen LogP contribution is -2.16. The second kappa shape index (κ2) is 10.7. The molecule has 4 nitrogen and oxygen atoms in total. The topological polar surface area (TPSA) is 43.1 Å². The van der Waals surface area contributed by atoms with Gasteiger partial charge < -0.3 is 4.40 Å². The van der Waals surface area contributed by atoms with E-state index in [9.17, 15) is 0 Å². The Morgan fingerprint density at radius 1 is 0.481 bits per heavy atom. The fourth-order valence-electron chi connectivity index (χ4n) is 8.88. The molecule has 0 bridgehead atoms. The van der Waals surface area contributed by atoms with Crippen molar-refractivity contribution in [1.29, 1.82) is 0 Å². The molecule has 52 heavy (non-hydrogen) atoms. The molecule has 6 aromatic carbocycles. The average molecular weight is 665 g/mol. The van der Waals surface area contributed by atoms with E-state index in [1.54, 1.807) is 6.20 Å². The standard InChI is InChI=1S/C48H32N4/c1-48(2)40-22-21-30(47-50-41(29-12-4-3-5-13-29)27-42(51-47)31-14-11-23-49-28-31)24-37(40)36-18-10-17-33(45(36)48)32-25-38-34-15-6-8-19-43(34)52-44-20-9-7-16-35(44)39(26-32)46(38)52/h3-28H,1-2H3. The van der Waals surface area contributed by atoms with Gasteiger partial charge in [0.2, 0.25) is 0 Å². The molecule has 0 N–H and O–H groups in total. The van der Waals surface area contributed by atoms with Crippen molar-refractivity contribution >= 4 is 38.1 Å². The fourth-order valence-corrected chi connectivity index (χ4v) is 8.88. The largest absolute Gasteiger partial charge is 0.308 e. The highest BCUT2D eigenvalue weighted by molar-refractivity contribution is 6.24. The van der Waals surface area contributed by atoms with Crippen molar-refractivity contribution in [2.24, 2.45) is 0 Å². The van der Waals surface area contributed by atoms with Crippen molar-refractivity contribution in [3.63, 3.8) is 0 Å². The first-order valence-corrected chi connectivity index (χ1v) is 17.9. The van der Waals surface area contributed by atoms with Gasteiger partial charge in [0.05, 0.1) is 27.9 Å². The van der Waals surface area contributed by atoms with Gasteiger partial charge in [-0.25, -0.2) is 9.97 Å². The lowest BCUT2D eigenvalue weighted by Gasteiger charge is -2.24. The number of aromatic nitrogens is 4. The molecule has 0 spiro atoms. The van der Waals surface area contributed by atoms with E-state index < -0.39 is 0 Å². The number of rotatable bonds is 4. The van der Waals surface area contributed by atoms with Crippen LogP contribution in [0.5, 0.6) is 0 Å². The van der Waals surface area contributed by atoms with E-state index in [1.807, 2.05) is 18.3 Å². The maximum Gasteiger partial charge on any atom is 0.160 e. The quantitative estimate of drug-likeness (QED) is 0.188. The van der Waals surface area contributed by atoms with E-state index in [0.29, 0.717) is 5.82 Å². The van der Waals surface area contributed by atoms with Crippen molar-refractivity contribution in [1.82, 2.24) is 19.4 Å². The van der Waals surface area contributed by atoms with Crippen molar-refractivity contribution in [2.75, 3.05) is 0 Å². The zero-order valence-corrected chi connectivity index (χ0v) is 28.8. The maximum absolute atomic E-state index is 5.14. The Balaban J connectivity index is 1.11. The number of hydrogen-bond donors (Lipinski definition) is 0. The van der Waals surface area contributed by atoms with Crippen LogP contribution in [0, 0.1) is 0 Å². The highest BCUT2D eigenvalue weighted by Gasteiger charge is 2.38. The Morgan fingerprint density at radius 3 is 1.85 bits per heavy atom. The van der Waals surface area contributed by atoms with Crippen LogP contribution < -0.4 is 0 Å². The van der Waals surface area contributed by atoms with Crippen LogP contribution >= 0.6 is 0 Å². The van der Waals surface area contributed by atoms with Gasteiger partial charge in [-0.2, -0.15) is 0 Å². The average Bonchev–Trinajstić information content (AvgIpc) is 3.80. The van der Waals surface area contributed by atoms with Crippen molar-refractivity contribution < 1.29 is 0 Å². The summed E-state index contributed by atoms with van der Waals surface area (Å²) in [5.41, 5.74) is 16.1. The van der Waals surface area contributed by atoms with Crippen LogP contribution in [0.25, 0.3) is 94.3 Å². The van der Waals surface area contributed by atoms with Crippen molar-refractivity contribution in [3.05, 3.63) is 169 Å². The molecule has 11 rings (SSSR count). The zero-order valence-electron chi connectivity index (χ0n) is 28.8. The number of pyridine rings is 1. The molecular formula is C48H32N4. The predicted octanol–water partition coefficient (Wildman–Crippen LogP) is 12.0. The Hall–Kier alpha value is -6.65. The Labute approximate surface area is 301 Å². The molecule has 4 aromatic heterocycles. The van der Waals surface area contributed by atoms with Gasteiger partial charge in [-0.15, -0.1) is 0 Å². The molecule has 0 radical (unpaired) electrons. The van der Waals surface area contributed by atoms with Gasteiger partial charge in [0, 0.05) is 56.0 Å². The summed E-state index contributed by atoms with van der Waals surface area (Å²) < 4.78 is 2.45. The number of nitrogens with zero attached hydrogens (tertiary/aromatic N) is 4. The molecule has 0 amide bonds. The van der Waals surface area contributed by atoms with Crippen molar-refractivity contribution in [2.45, 2.75) is 19.3 Å². The molecule has 0 atom stereocenters. The molecule has 0 unspecified atom stereocenters. The first-order chi connectivity index (χ1) is 25.5. The summed E-state index contributed by atoms with van der Waals surface area (Å²) >= 11 is 0. The maximum atomic E-state index is 5.14. The lowest BCUT2D eigenvalue weighted by atomic mass is 9.78. The summed E-state index contributed by atoms with van der Waals surface area (Å²) in [5, 5.41) is 5.18. The Bertz CT molecular complexity index is 2890. The molecule has 1 aliphatic rings. The molecule has 4 heterocycles. The van der Waals surface area contributed by atoms with Crippen LogP contribution in [0.1, 0.15) is 25.0 Å². The van der Waals surface area contributed by atoms with E-state index in [2.05, 4.69) is 157 Å². The van der Waals surface area contributed by atoms with Gasteiger partial charge in [0.15, 0.2) is 5.82 Å². The van der Waals surface area contributed by atoms with Crippen LogP contribution in [0.4, 0.5) is 0 Å². The summed E-state index contributed by atoms with van der Waals surface area (Å²) in [6.07, 6.45) is 3.66. The third kappa shape index (κ3) is 4.06. The Morgan fingerprint density at radius 2 is 1.13 bits per heavy atom. The van der Waals surface area contributed by atoms with E-state index in [0.717, 1.165) is 28.1 Å². The van der Waals surface area contributed by atoms with Crippen LogP contribution in [0.2, 0.25) is 0 Å². The normalized spacial score (nSPS) is 13.3. The second-order valence-electron chi connectivity index (χ2n) is 14.5. The molecule has 0 aliphatic heterocycles. The SMILES string of the molecule is CC1(C)c2ccc(-c3nc(-c4ccccc4)cc(-c4cccnc4)n3)cc2-c2cccc(-c3cc4c5ccccc5n5c6ccccc6c(c3)c45)c21. The van der Waals surface area contributed by atoms with Crippen LogP contribution in [0.3, 0.4) is 0 Å². The highest BCUT2D eigenvalue weighted by Crippen LogP contribution is 2.53. The molecule has 244 valence electrons. The van der Waals surface area contributed by atoms with Crippen molar-refractivity contribution in [3.8, 4) is 56.2 Å². The zero-order chi connectivity index (χ0) is 34.6. The van der Waals surface area contributed by atoms with Gasteiger partial charge in [0.25, 0.3) is 0 Å². The summed E-state index contributed by atoms with van der Waals surface area (Å²) in [4.78, 5) is 14.6. The number of fused-ring (bicyclic) bond motifs is 9. The minimum Gasteiger partial charge on any atom is -0.308 e. The van der Waals surface area contributed by atoms with Gasteiger partial charge in [-0.1, -0.05) is 111 Å². The number of para-hydroxylation sites is 2. The van der Waals surface area contributed by atoms with E-state index in [-0.39, 0.29) is 5.41 Å². The minimum absolute atomic E-state index is 0.214. The summed E-state index contributed by atoms with van der Waals surface area (Å²) in [6.45, 7) is 4.74. The van der Waals surface area contributed by atoms with E-state index in [4.69, 9.17) is 9.97 Å². The molecule has 0 saturated carbocycles. The first kappa shape index (κ1) is 29.1. The van der Waals surface area contributed by atoms with Gasteiger partial charge in [-0.3, -0.25) is 4.98 Å². The monoisotopic (exact) mass is 664 g/mol. The van der Waals surface area contributed by atoms with Crippen LogP contribution in [-0.2, 0) is 5.41 Å². The third-order valence-electron chi connectivity index (χ3n) is 11.2. The predicted molar refractivity (Wildman–Crippen MR) is 214 cm³/mol. The molecule has 0 saturated heterocycles. The van der Waals surface area contributed by atoms with Crippen LogP contribution in [-0.4, -0.2) is 19.4 Å². The second-order valence-corrected chi connectivity index (χ2v) is 14.5. The molecule has 0 fully saturated rings. The summed E-state index contributed by atoms with van der Waals surface area (Å²) in [7, 11) is 0. The minimum atomic E-state index is -0.214. The lowest BCUT2D eigenvalue weighted by molar-refractivity contribution is 0.662. The highest BCUT2D eigenvalue weighted by atomic mass is 14.9. The third-order valence-corrected chi connectivity index (χ3v) is 11.2.